The van der Waals surface area contributed by atoms with Gasteiger partial charge in [0.1, 0.15) is 5.75 Å². The molecule has 144 valence electrons. The Morgan fingerprint density at radius 1 is 1.26 bits per heavy atom. The van der Waals surface area contributed by atoms with Crippen LogP contribution < -0.4 is 10.2 Å². The van der Waals surface area contributed by atoms with Gasteiger partial charge in [-0.3, -0.25) is 4.79 Å². The second kappa shape index (κ2) is 9.41. The molecule has 0 heterocycles. The Morgan fingerprint density at radius 3 is 2.70 bits per heavy atom. The Labute approximate surface area is 160 Å². The van der Waals surface area contributed by atoms with Gasteiger partial charge < -0.3 is 4.74 Å². The molecule has 0 bridgehead atoms. The third kappa shape index (κ3) is 6.60. The van der Waals surface area contributed by atoms with Crippen molar-refractivity contribution in [3.05, 3.63) is 64.2 Å². The monoisotopic (exact) mass is 398 g/mol. The van der Waals surface area contributed by atoms with Crippen LogP contribution in [0.2, 0.25) is 5.02 Å². The van der Waals surface area contributed by atoms with Crippen LogP contribution in [-0.2, 0) is 11.0 Å². The van der Waals surface area contributed by atoms with Gasteiger partial charge in [-0.1, -0.05) is 29.8 Å². The molecule has 8 heteroatoms. The number of hydrazone groups is 1. The lowest BCUT2D eigenvalue weighted by Gasteiger charge is -2.09. The summed E-state index contributed by atoms with van der Waals surface area (Å²) in [5.41, 5.74) is 2.18. The van der Waals surface area contributed by atoms with Gasteiger partial charge in [-0.15, -0.1) is 0 Å². The van der Waals surface area contributed by atoms with E-state index in [0.717, 1.165) is 17.8 Å². The summed E-state index contributed by atoms with van der Waals surface area (Å²) in [7, 11) is 0. The molecule has 0 radical (unpaired) electrons. The first-order valence-electron chi connectivity index (χ1n) is 8.14. The average molecular weight is 399 g/mol. The number of hydrogen-bond donors (Lipinski definition) is 1. The predicted octanol–water partition coefficient (Wildman–Crippen LogP) is 4.98. The summed E-state index contributed by atoms with van der Waals surface area (Å²) < 4.78 is 44.1. The van der Waals surface area contributed by atoms with Crippen molar-refractivity contribution in [3.63, 3.8) is 0 Å². The molecule has 0 unspecified atom stereocenters. The van der Waals surface area contributed by atoms with E-state index in [-0.39, 0.29) is 12.0 Å². The SMILES string of the molecule is Cc1cc(Cl)ccc1OCCCC(=O)NN=Cc1ccccc1C(F)(F)F. The molecule has 0 aromatic heterocycles. The highest BCUT2D eigenvalue weighted by atomic mass is 35.5. The number of halogens is 4. The van der Waals surface area contributed by atoms with Crippen molar-refractivity contribution in [2.45, 2.75) is 25.9 Å². The molecule has 2 rings (SSSR count). The molecule has 2 aromatic rings. The van der Waals surface area contributed by atoms with Crippen LogP contribution in [0.25, 0.3) is 0 Å². The molecule has 0 saturated heterocycles. The number of rotatable bonds is 7. The Morgan fingerprint density at radius 2 is 2.00 bits per heavy atom. The summed E-state index contributed by atoms with van der Waals surface area (Å²) in [5.74, 6) is 0.272. The van der Waals surface area contributed by atoms with Gasteiger partial charge in [0, 0.05) is 17.0 Å². The highest BCUT2D eigenvalue weighted by Gasteiger charge is 2.32. The number of alkyl halides is 3. The standard InChI is InChI=1S/C19H18ClF3N2O2/c1-13-11-15(20)8-9-17(13)27-10-4-7-18(26)25-24-12-14-5-2-3-6-16(14)19(21,22)23/h2-3,5-6,8-9,11-12H,4,7,10H2,1H3,(H,25,26). The van der Waals surface area contributed by atoms with Crippen molar-refractivity contribution < 1.29 is 22.7 Å². The molecule has 2 aromatic carbocycles. The van der Waals surface area contributed by atoms with Gasteiger partial charge >= 0.3 is 6.18 Å². The second-order valence-corrected chi connectivity index (χ2v) is 6.18. The average Bonchev–Trinajstić information content (AvgIpc) is 2.60. The summed E-state index contributed by atoms with van der Waals surface area (Å²) >= 11 is 5.86. The second-order valence-electron chi connectivity index (χ2n) is 5.74. The maximum atomic E-state index is 12.9. The largest absolute Gasteiger partial charge is 0.493 e. The lowest BCUT2D eigenvalue weighted by Crippen LogP contribution is -2.18. The molecule has 0 atom stereocenters. The van der Waals surface area contributed by atoms with Crippen molar-refractivity contribution in [2.75, 3.05) is 6.61 Å². The molecule has 0 aliphatic rings. The summed E-state index contributed by atoms with van der Waals surface area (Å²) in [6, 6.07) is 10.2. The maximum Gasteiger partial charge on any atom is 0.417 e. The Kier molecular flexibility index (Phi) is 7.24. The topological polar surface area (TPSA) is 50.7 Å². The third-order valence-electron chi connectivity index (χ3n) is 3.60. The van der Waals surface area contributed by atoms with Gasteiger partial charge in [-0.2, -0.15) is 18.3 Å². The predicted molar refractivity (Wildman–Crippen MR) is 98.1 cm³/mol. The van der Waals surface area contributed by atoms with Crippen LogP contribution >= 0.6 is 11.6 Å². The van der Waals surface area contributed by atoms with E-state index < -0.39 is 17.6 Å². The minimum Gasteiger partial charge on any atom is -0.493 e. The Balaban J connectivity index is 1.77. The van der Waals surface area contributed by atoms with Crippen LogP contribution in [0.4, 0.5) is 13.2 Å². The van der Waals surface area contributed by atoms with Gasteiger partial charge in [0.2, 0.25) is 5.91 Å². The van der Waals surface area contributed by atoms with Crippen molar-refractivity contribution in [1.29, 1.82) is 0 Å². The first-order valence-corrected chi connectivity index (χ1v) is 8.52. The summed E-state index contributed by atoms with van der Waals surface area (Å²) in [4.78, 5) is 11.7. The van der Waals surface area contributed by atoms with Gasteiger partial charge in [-0.05, 0) is 43.2 Å². The van der Waals surface area contributed by atoms with Gasteiger partial charge in [-0.25, -0.2) is 5.43 Å². The molecule has 1 N–H and O–H groups in total. The zero-order valence-electron chi connectivity index (χ0n) is 14.5. The minimum atomic E-state index is -4.48. The van der Waals surface area contributed by atoms with E-state index in [1.165, 1.54) is 18.2 Å². The highest BCUT2D eigenvalue weighted by molar-refractivity contribution is 6.30. The molecule has 0 fully saturated rings. The number of amides is 1. The fraction of sp³-hybridized carbons (Fsp3) is 0.263. The fourth-order valence-electron chi connectivity index (χ4n) is 2.29. The minimum absolute atomic E-state index is 0.119. The van der Waals surface area contributed by atoms with Gasteiger partial charge in [0.05, 0.1) is 18.4 Å². The maximum absolute atomic E-state index is 12.9. The van der Waals surface area contributed by atoms with E-state index in [2.05, 4.69) is 10.5 Å². The zero-order chi connectivity index (χ0) is 19.9. The van der Waals surface area contributed by atoms with Crippen LogP contribution in [0.5, 0.6) is 5.75 Å². The van der Waals surface area contributed by atoms with E-state index in [1.807, 2.05) is 6.92 Å². The molecule has 0 spiro atoms. The molecule has 0 saturated carbocycles. The Bertz CT molecular complexity index is 823. The lowest BCUT2D eigenvalue weighted by molar-refractivity contribution is -0.137. The smallest absolute Gasteiger partial charge is 0.417 e. The van der Waals surface area contributed by atoms with Gasteiger partial charge in [0.15, 0.2) is 0 Å². The van der Waals surface area contributed by atoms with E-state index in [9.17, 15) is 18.0 Å². The van der Waals surface area contributed by atoms with E-state index in [4.69, 9.17) is 16.3 Å². The van der Waals surface area contributed by atoms with Gasteiger partial charge in [0.25, 0.3) is 0 Å². The molecule has 0 aliphatic heterocycles. The number of nitrogens with one attached hydrogen (secondary N) is 1. The van der Waals surface area contributed by atoms with E-state index in [0.29, 0.717) is 23.8 Å². The van der Waals surface area contributed by atoms with E-state index >= 15 is 0 Å². The van der Waals surface area contributed by atoms with Crippen molar-refractivity contribution in [1.82, 2.24) is 5.43 Å². The highest BCUT2D eigenvalue weighted by Crippen LogP contribution is 2.31. The normalized spacial score (nSPS) is 11.6. The number of ether oxygens (including phenoxy) is 1. The summed E-state index contributed by atoms with van der Waals surface area (Å²) in [5, 5.41) is 4.21. The summed E-state index contributed by atoms with van der Waals surface area (Å²) in [6.45, 7) is 2.18. The van der Waals surface area contributed by atoms with Crippen LogP contribution in [0.3, 0.4) is 0 Å². The van der Waals surface area contributed by atoms with Crippen LogP contribution in [0, 0.1) is 6.92 Å². The number of aryl methyl sites for hydroxylation is 1. The molecular formula is C19H18ClF3N2O2. The quantitative estimate of drug-likeness (QED) is 0.406. The van der Waals surface area contributed by atoms with Crippen molar-refractivity contribution >= 4 is 23.7 Å². The fourth-order valence-corrected chi connectivity index (χ4v) is 2.51. The molecule has 0 aliphatic carbocycles. The lowest BCUT2D eigenvalue weighted by atomic mass is 10.1. The molecule has 1 amide bonds. The number of nitrogens with zero attached hydrogens (tertiary/aromatic N) is 1. The molecule has 4 nitrogen and oxygen atoms in total. The van der Waals surface area contributed by atoms with Crippen LogP contribution in [0.1, 0.15) is 29.5 Å². The van der Waals surface area contributed by atoms with Crippen LogP contribution in [0.15, 0.2) is 47.6 Å². The number of hydrogen-bond acceptors (Lipinski definition) is 3. The first-order chi connectivity index (χ1) is 12.8. The van der Waals surface area contributed by atoms with Crippen LogP contribution in [-0.4, -0.2) is 18.7 Å². The number of benzene rings is 2. The Hall–Kier alpha value is -2.54. The van der Waals surface area contributed by atoms with Crippen molar-refractivity contribution in [3.8, 4) is 5.75 Å². The third-order valence-corrected chi connectivity index (χ3v) is 3.84. The van der Waals surface area contributed by atoms with E-state index in [1.54, 1.807) is 18.2 Å². The number of carbonyl (C=O) groups excluding carboxylic acids is 1. The molecular weight excluding hydrogens is 381 g/mol. The van der Waals surface area contributed by atoms with Crippen molar-refractivity contribution in [2.24, 2.45) is 5.10 Å². The molecule has 27 heavy (non-hydrogen) atoms. The zero-order valence-corrected chi connectivity index (χ0v) is 15.3. The first kappa shape index (κ1) is 20.8. The number of carbonyl (C=O) groups is 1. The summed E-state index contributed by atoms with van der Waals surface area (Å²) in [6.07, 6.45) is -2.94.